The molecule has 0 aliphatic carbocycles. The topological polar surface area (TPSA) is 66.9 Å². The van der Waals surface area contributed by atoms with Crippen LogP contribution in [0.15, 0.2) is 29.2 Å². The Bertz CT molecular complexity index is 650. The van der Waals surface area contributed by atoms with Crippen molar-refractivity contribution in [3.05, 3.63) is 29.8 Å². The minimum atomic E-state index is -3.51. The van der Waals surface area contributed by atoms with E-state index in [9.17, 15) is 13.2 Å². The predicted molar refractivity (Wildman–Crippen MR) is 92.4 cm³/mol. The lowest BCUT2D eigenvalue weighted by Crippen LogP contribution is -2.51. The lowest BCUT2D eigenvalue weighted by molar-refractivity contribution is -0.136. The molecular weight excluding hydrogens is 328 g/mol. The molecule has 24 heavy (non-hydrogen) atoms. The SMILES string of the molecule is CC[C@H](C)c1ccc(S(=O)(=O)N2CCN(C(=O)COC)CC2)cc1. The van der Waals surface area contributed by atoms with Crippen molar-refractivity contribution in [2.45, 2.75) is 31.1 Å². The summed E-state index contributed by atoms with van der Waals surface area (Å²) in [5.41, 5.74) is 1.14. The molecule has 2 rings (SSSR count). The number of nitrogens with zero attached hydrogens (tertiary/aromatic N) is 2. The number of hydrogen-bond donors (Lipinski definition) is 0. The molecule has 0 N–H and O–H groups in total. The van der Waals surface area contributed by atoms with E-state index in [4.69, 9.17) is 4.74 Å². The Labute approximate surface area is 144 Å². The van der Waals surface area contributed by atoms with Gasteiger partial charge in [-0.15, -0.1) is 0 Å². The molecule has 1 fully saturated rings. The minimum absolute atomic E-state index is 0.0316. The molecular formula is C17H26N2O4S. The molecule has 0 bridgehead atoms. The lowest BCUT2D eigenvalue weighted by atomic mass is 9.99. The second-order valence-corrected chi connectivity index (χ2v) is 8.03. The number of carbonyl (C=O) groups excluding carboxylic acids is 1. The molecule has 0 aromatic heterocycles. The number of methoxy groups -OCH3 is 1. The first-order valence-electron chi connectivity index (χ1n) is 8.27. The zero-order valence-corrected chi connectivity index (χ0v) is 15.4. The Morgan fingerprint density at radius 1 is 1.17 bits per heavy atom. The van der Waals surface area contributed by atoms with E-state index in [1.807, 2.05) is 12.1 Å². The molecule has 1 amide bonds. The van der Waals surface area contributed by atoms with Crippen LogP contribution in [0.2, 0.25) is 0 Å². The normalized spacial score (nSPS) is 17.7. The molecule has 1 aromatic rings. The highest BCUT2D eigenvalue weighted by atomic mass is 32.2. The van der Waals surface area contributed by atoms with Gasteiger partial charge in [0.05, 0.1) is 4.90 Å². The third-order valence-corrected chi connectivity index (χ3v) is 6.47. The van der Waals surface area contributed by atoms with Crippen molar-refractivity contribution >= 4 is 15.9 Å². The van der Waals surface area contributed by atoms with Crippen LogP contribution in [0.5, 0.6) is 0 Å². The summed E-state index contributed by atoms with van der Waals surface area (Å²) in [7, 11) is -2.03. The second-order valence-electron chi connectivity index (χ2n) is 6.10. The van der Waals surface area contributed by atoms with E-state index in [0.717, 1.165) is 12.0 Å². The Balaban J connectivity index is 2.05. The van der Waals surface area contributed by atoms with Crippen molar-refractivity contribution in [2.75, 3.05) is 39.9 Å². The van der Waals surface area contributed by atoms with Crippen LogP contribution in [0.1, 0.15) is 31.7 Å². The molecule has 6 nitrogen and oxygen atoms in total. The fourth-order valence-electron chi connectivity index (χ4n) is 2.75. The maximum absolute atomic E-state index is 12.7. The van der Waals surface area contributed by atoms with Crippen LogP contribution in [0, 0.1) is 0 Å². The van der Waals surface area contributed by atoms with Crippen LogP contribution in [0.3, 0.4) is 0 Å². The van der Waals surface area contributed by atoms with Crippen LogP contribution in [-0.4, -0.2) is 63.4 Å². The number of ether oxygens (including phenoxy) is 1. The number of benzene rings is 1. The molecule has 1 aliphatic rings. The van der Waals surface area contributed by atoms with Gasteiger partial charge >= 0.3 is 0 Å². The van der Waals surface area contributed by atoms with Gasteiger partial charge in [0.1, 0.15) is 6.61 Å². The van der Waals surface area contributed by atoms with E-state index in [1.54, 1.807) is 17.0 Å². The summed E-state index contributed by atoms with van der Waals surface area (Å²) in [6.07, 6.45) is 1.02. The van der Waals surface area contributed by atoms with Gasteiger partial charge in [-0.2, -0.15) is 4.31 Å². The van der Waals surface area contributed by atoms with E-state index in [0.29, 0.717) is 37.0 Å². The predicted octanol–water partition coefficient (Wildman–Crippen LogP) is 1.68. The smallest absolute Gasteiger partial charge is 0.248 e. The number of carbonyl (C=O) groups is 1. The van der Waals surface area contributed by atoms with Crippen LogP contribution < -0.4 is 0 Å². The molecule has 1 aromatic carbocycles. The summed E-state index contributed by atoms with van der Waals surface area (Å²) in [6, 6.07) is 7.14. The molecule has 1 heterocycles. The van der Waals surface area contributed by atoms with Crippen molar-refractivity contribution in [1.29, 1.82) is 0 Å². The lowest BCUT2D eigenvalue weighted by Gasteiger charge is -2.33. The van der Waals surface area contributed by atoms with Gasteiger partial charge in [0.15, 0.2) is 0 Å². The number of rotatable bonds is 6. The molecule has 0 unspecified atom stereocenters. The maximum atomic E-state index is 12.7. The summed E-state index contributed by atoms with van der Waals surface area (Å²) in [5.74, 6) is 0.310. The quantitative estimate of drug-likeness (QED) is 0.779. The first-order chi connectivity index (χ1) is 11.4. The van der Waals surface area contributed by atoms with Crippen LogP contribution in [-0.2, 0) is 19.6 Å². The summed E-state index contributed by atoms with van der Waals surface area (Å²) >= 11 is 0. The molecule has 134 valence electrons. The Kier molecular flexibility index (Phi) is 6.37. The summed E-state index contributed by atoms with van der Waals surface area (Å²) in [4.78, 5) is 13.7. The molecule has 1 atom stereocenters. The fourth-order valence-corrected chi connectivity index (χ4v) is 4.17. The van der Waals surface area contributed by atoms with Gasteiger partial charge in [0, 0.05) is 33.3 Å². The molecule has 1 saturated heterocycles. The highest BCUT2D eigenvalue weighted by Gasteiger charge is 2.30. The minimum Gasteiger partial charge on any atom is -0.375 e. The van der Waals surface area contributed by atoms with Crippen molar-refractivity contribution < 1.29 is 17.9 Å². The van der Waals surface area contributed by atoms with Crippen molar-refractivity contribution in [3.63, 3.8) is 0 Å². The van der Waals surface area contributed by atoms with Gasteiger partial charge in [0.25, 0.3) is 0 Å². The number of sulfonamides is 1. The molecule has 0 radical (unpaired) electrons. The third kappa shape index (κ3) is 4.15. The van der Waals surface area contributed by atoms with Gasteiger partial charge < -0.3 is 9.64 Å². The van der Waals surface area contributed by atoms with Crippen LogP contribution >= 0.6 is 0 Å². The number of amides is 1. The van der Waals surface area contributed by atoms with Gasteiger partial charge in [-0.3, -0.25) is 4.79 Å². The molecule has 1 aliphatic heterocycles. The van der Waals surface area contributed by atoms with Crippen molar-refractivity contribution in [1.82, 2.24) is 9.21 Å². The second kappa shape index (κ2) is 8.09. The van der Waals surface area contributed by atoms with E-state index in [1.165, 1.54) is 11.4 Å². The fraction of sp³-hybridized carbons (Fsp3) is 0.588. The van der Waals surface area contributed by atoms with E-state index in [2.05, 4.69) is 13.8 Å². The largest absolute Gasteiger partial charge is 0.375 e. The third-order valence-electron chi connectivity index (χ3n) is 4.56. The highest BCUT2D eigenvalue weighted by molar-refractivity contribution is 7.89. The monoisotopic (exact) mass is 354 g/mol. The Hall–Kier alpha value is -1.44. The van der Waals surface area contributed by atoms with E-state index >= 15 is 0 Å². The highest BCUT2D eigenvalue weighted by Crippen LogP contribution is 2.23. The Morgan fingerprint density at radius 3 is 2.25 bits per heavy atom. The summed E-state index contributed by atoms with van der Waals surface area (Å²) in [6.45, 7) is 5.68. The van der Waals surface area contributed by atoms with E-state index < -0.39 is 10.0 Å². The van der Waals surface area contributed by atoms with Crippen molar-refractivity contribution in [2.24, 2.45) is 0 Å². The first kappa shape index (κ1) is 18.9. The van der Waals surface area contributed by atoms with Gasteiger partial charge in [-0.05, 0) is 30.0 Å². The molecule has 0 spiro atoms. The average molecular weight is 354 g/mol. The number of hydrogen-bond acceptors (Lipinski definition) is 4. The number of piperazine rings is 1. The Morgan fingerprint density at radius 2 is 1.75 bits per heavy atom. The van der Waals surface area contributed by atoms with E-state index in [-0.39, 0.29) is 12.5 Å². The summed E-state index contributed by atoms with van der Waals surface area (Å²) in [5, 5.41) is 0. The zero-order chi connectivity index (χ0) is 17.7. The van der Waals surface area contributed by atoms with Crippen LogP contribution in [0.25, 0.3) is 0 Å². The first-order valence-corrected chi connectivity index (χ1v) is 9.71. The van der Waals surface area contributed by atoms with Gasteiger partial charge in [-0.25, -0.2) is 8.42 Å². The summed E-state index contributed by atoms with van der Waals surface area (Å²) < 4.78 is 31.8. The van der Waals surface area contributed by atoms with Crippen LogP contribution in [0.4, 0.5) is 0 Å². The molecule has 7 heteroatoms. The standard InChI is InChI=1S/C17H26N2O4S/c1-4-14(2)15-5-7-16(8-6-15)24(21,22)19-11-9-18(10-12-19)17(20)13-23-3/h5-8,14H,4,9-13H2,1-3H3/t14-/m0/s1. The van der Waals surface area contributed by atoms with Gasteiger partial charge in [-0.1, -0.05) is 26.0 Å². The zero-order valence-electron chi connectivity index (χ0n) is 14.6. The van der Waals surface area contributed by atoms with Crippen molar-refractivity contribution in [3.8, 4) is 0 Å². The van der Waals surface area contributed by atoms with Gasteiger partial charge in [0.2, 0.25) is 15.9 Å². The average Bonchev–Trinajstić information content (AvgIpc) is 2.61. The maximum Gasteiger partial charge on any atom is 0.248 e. The molecule has 0 saturated carbocycles.